The number of carbonyl (C=O) groups is 3. The lowest BCUT2D eigenvalue weighted by molar-refractivity contribution is -0.319. The van der Waals surface area contributed by atoms with E-state index in [1.54, 1.807) is 48.5 Å². The molecule has 4 aliphatic heterocycles. The molecule has 4 fully saturated rings. The van der Waals surface area contributed by atoms with Crippen LogP contribution in [-0.2, 0) is 47.5 Å². The molecule has 4 saturated heterocycles. The van der Waals surface area contributed by atoms with Crippen LogP contribution in [0.1, 0.15) is 106 Å². The van der Waals surface area contributed by atoms with Crippen molar-refractivity contribution in [2.24, 2.45) is 28.8 Å². The van der Waals surface area contributed by atoms with Crippen LogP contribution in [0, 0.1) is 30.6 Å². The smallest absolute Gasteiger partial charge is 0.431 e. The maximum atomic E-state index is 15.1. The van der Waals surface area contributed by atoms with Crippen LogP contribution >= 0.6 is 0 Å². The minimum atomic E-state index is -1.59. The van der Waals surface area contributed by atoms with Crippen molar-refractivity contribution in [3.05, 3.63) is 41.6 Å². The van der Waals surface area contributed by atoms with Crippen LogP contribution in [-0.4, -0.2) is 162 Å². The molecule has 18 heteroatoms. The van der Waals surface area contributed by atoms with E-state index in [0.717, 1.165) is 10.6 Å². The number of fused-ring (bicyclic) bond motifs is 1. The second-order valence-electron chi connectivity index (χ2n) is 20.4. The number of ether oxygens (including phenoxy) is 8. The molecule has 2 aromatic rings. The number of methoxy groups -OCH3 is 2. The fraction of sp³-hybridized carbons (Fsp3) is 0.740. The molecule has 0 spiro atoms. The number of hydrogen-bond acceptors (Lipinski definition) is 17. The molecule has 0 radical (unpaired) electrons. The number of esters is 1. The lowest BCUT2D eigenvalue weighted by atomic mass is 9.73. The molecule has 18 atom stereocenters. The Balaban J connectivity index is 1.47. The van der Waals surface area contributed by atoms with Gasteiger partial charge in [-0.1, -0.05) is 63.2 Å². The van der Waals surface area contributed by atoms with Crippen LogP contribution in [0.2, 0.25) is 0 Å². The summed E-state index contributed by atoms with van der Waals surface area (Å²) in [5.41, 5.74) is -2.17. The zero-order valence-electron chi connectivity index (χ0n) is 42.5. The van der Waals surface area contributed by atoms with E-state index < -0.39 is 108 Å². The van der Waals surface area contributed by atoms with E-state index >= 15 is 4.79 Å². The van der Waals surface area contributed by atoms with E-state index in [0.29, 0.717) is 23.4 Å². The molecular formula is C50H76N4O14. The first-order valence-corrected chi connectivity index (χ1v) is 24.0. The predicted molar refractivity (Wildman–Crippen MR) is 249 cm³/mol. The average molecular weight is 957 g/mol. The van der Waals surface area contributed by atoms with E-state index in [-0.39, 0.29) is 37.2 Å². The molecule has 18 nitrogen and oxygen atoms in total. The Labute approximate surface area is 401 Å². The zero-order valence-corrected chi connectivity index (χ0v) is 42.5. The van der Waals surface area contributed by atoms with Gasteiger partial charge < -0.3 is 57.5 Å². The third kappa shape index (κ3) is 10.4. The van der Waals surface area contributed by atoms with E-state index in [9.17, 15) is 19.8 Å². The van der Waals surface area contributed by atoms with Gasteiger partial charge in [0.15, 0.2) is 23.9 Å². The third-order valence-corrected chi connectivity index (χ3v) is 15.3. The van der Waals surface area contributed by atoms with Gasteiger partial charge in [0.1, 0.15) is 30.1 Å². The summed E-state index contributed by atoms with van der Waals surface area (Å²) in [7, 11) is 6.81. The normalized spacial score (nSPS) is 41.1. The number of Topliss-reactive ketones (excluding diaryl/α,β-unsaturated/α-hetero) is 1. The SMILES string of the molecule is CC[C@H]1OC(=O)[C@H](C)[C@@H](OC2CC(C)(OC)C(O)C(C)O2)[C@H](C)[C@@H](OC2OC(C)CC(N(C)C)C2O)[C@](C)(OC)C[C@@H](C)C(=O)[C@H](C)[C@H]2N(N=Cc3c(C)noc3-c3ccccc3)C(=O)O[C@]12C. The second kappa shape index (κ2) is 21.2. The molecule has 380 valence electrons. The summed E-state index contributed by atoms with van der Waals surface area (Å²) in [5.74, 6) is -3.95. The zero-order chi connectivity index (χ0) is 50.2. The molecule has 8 unspecified atom stereocenters. The number of nitrogens with zero attached hydrogens (tertiary/aromatic N) is 4. The van der Waals surface area contributed by atoms with Crippen LogP contribution in [0.4, 0.5) is 4.79 Å². The van der Waals surface area contributed by atoms with E-state index in [1.807, 2.05) is 77.0 Å². The standard InChI is InChI=1S/C50H76N4O14/c1-16-36-50(11)42(54(47(59)67-50)51-25-34-31(7)52-68-41(34)33-20-18-17-19-21-33)28(4)38(55)26(2)23-49(10,61-15)44(66-46-39(56)35(53(12)13)22-27(3)62-46)29(5)40(30(6)45(58)64-36)65-37-24-48(9,60-14)43(57)32(8)63-37/h17-21,25-30,32,35-37,39-40,42-44,46,56-57H,16,22-24H2,1-15H3/t26-,27?,28+,29+,30-,32?,35?,36-,37?,39?,40+,42-,43?,44-,46?,48?,49-,50-/m1/s1. The van der Waals surface area contributed by atoms with Crippen molar-refractivity contribution in [2.75, 3.05) is 28.3 Å². The molecule has 4 aliphatic rings. The highest BCUT2D eigenvalue weighted by atomic mass is 16.7. The number of ketones is 1. The van der Waals surface area contributed by atoms with Gasteiger partial charge in [-0.3, -0.25) is 9.59 Å². The van der Waals surface area contributed by atoms with Crippen molar-refractivity contribution in [1.29, 1.82) is 0 Å². The van der Waals surface area contributed by atoms with Crippen molar-refractivity contribution in [1.82, 2.24) is 15.1 Å². The summed E-state index contributed by atoms with van der Waals surface area (Å²) in [6, 6.07) is 7.97. The molecule has 0 bridgehead atoms. The minimum absolute atomic E-state index is 0.0899. The lowest BCUT2D eigenvalue weighted by Crippen LogP contribution is -2.61. The average Bonchev–Trinajstić information content (AvgIpc) is 3.80. The molecule has 6 rings (SSSR count). The number of aliphatic hydroxyl groups excluding tert-OH is 2. The number of cyclic esters (lactones) is 1. The van der Waals surface area contributed by atoms with Gasteiger partial charge in [-0.25, -0.2) is 4.79 Å². The quantitative estimate of drug-likeness (QED) is 0.198. The van der Waals surface area contributed by atoms with Gasteiger partial charge in [0.2, 0.25) is 0 Å². The van der Waals surface area contributed by atoms with E-state index in [2.05, 4.69) is 5.16 Å². The van der Waals surface area contributed by atoms with E-state index in [1.165, 1.54) is 20.4 Å². The van der Waals surface area contributed by atoms with Crippen molar-refractivity contribution in [3.63, 3.8) is 0 Å². The second-order valence-corrected chi connectivity index (χ2v) is 20.4. The van der Waals surface area contributed by atoms with Gasteiger partial charge in [0.25, 0.3) is 0 Å². The Hall–Kier alpha value is -3.85. The van der Waals surface area contributed by atoms with Crippen molar-refractivity contribution in [3.8, 4) is 11.3 Å². The van der Waals surface area contributed by atoms with Crippen molar-refractivity contribution >= 4 is 24.1 Å². The number of likely N-dealkylation sites (N-methyl/N-ethyl adjacent to an activating group) is 1. The first kappa shape index (κ1) is 53.5. The number of hydrogen-bond donors (Lipinski definition) is 2. The Bertz CT molecular complexity index is 2090. The molecular weight excluding hydrogens is 881 g/mol. The molecule has 1 amide bonds. The van der Waals surface area contributed by atoms with Crippen LogP contribution in [0.15, 0.2) is 40.0 Å². The maximum absolute atomic E-state index is 15.1. The van der Waals surface area contributed by atoms with Gasteiger partial charge in [-0.05, 0) is 81.8 Å². The number of carbonyl (C=O) groups excluding carboxylic acids is 3. The number of aliphatic hydroxyl groups is 2. The van der Waals surface area contributed by atoms with E-state index in [4.69, 9.17) is 47.5 Å². The van der Waals surface area contributed by atoms with Crippen LogP contribution in [0.3, 0.4) is 0 Å². The summed E-state index contributed by atoms with van der Waals surface area (Å²) in [6.07, 6.45) is -6.76. The summed E-state index contributed by atoms with van der Waals surface area (Å²) < 4.78 is 57.2. The minimum Gasteiger partial charge on any atom is -0.458 e. The molecule has 68 heavy (non-hydrogen) atoms. The Kier molecular flexibility index (Phi) is 16.7. The molecule has 2 N–H and O–H groups in total. The van der Waals surface area contributed by atoms with Crippen molar-refractivity contribution < 1.29 is 67.0 Å². The highest BCUT2D eigenvalue weighted by molar-refractivity contribution is 5.90. The van der Waals surface area contributed by atoms with Gasteiger partial charge in [-0.15, -0.1) is 0 Å². The van der Waals surface area contributed by atoms with Gasteiger partial charge in [0, 0.05) is 50.0 Å². The number of amides is 1. The van der Waals surface area contributed by atoms with Gasteiger partial charge in [-0.2, -0.15) is 10.1 Å². The molecule has 1 aromatic heterocycles. The fourth-order valence-electron chi connectivity index (χ4n) is 11.1. The van der Waals surface area contributed by atoms with Crippen LogP contribution in [0.25, 0.3) is 11.3 Å². The summed E-state index contributed by atoms with van der Waals surface area (Å²) in [4.78, 5) is 46.3. The highest BCUT2D eigenvalue weighted by Crippen LogP contribution is 2.45. The van der Waals surface area contributed by atoms with Crippen LogP contribution < -0.4 is 0 Å². The lowest BCUT2D eigenvalue weighted by Gasteiger charge is -2.50. The fourth-order valence-corrected chi connectivity index (χ4v) is 11.1. The Morgan fingerprint density at radius 2 is 1.59 bits per heavy atom. The largest absolute Gasteiger partial charge is 0.458 e. The Morgan fingerprint density at radius 3 is 2.21 bits per heavy atom. The summed E-state index contributed by atoms with van der Waals surface area (Å²) in [6.45, 7) is 19.6. The van der Waals surface area contributed by atoms with Crippen molar-refractivity contribution in [2.45, 2.75) is 186 Å². The highest BCUT2D eigenvalue weighted by Gasteiger charge is 2.61. The number of hydrazone groups is 1. The monoisotopic (exact) mass is 957 g/mol. The number of benzene rings is 1. The molecule has 0 aliphatic carbocycles. The molecule has 1 aromatic carbocycles. The summed E-state index contributed by atoms with van der Waals surface area (Å²) in [5, 5.41) is 33.0. The summed E-state index contributed by atoms with van der Waals surface area (Å²) >= 11 is 0. The first-order valence-electron chi connectivity index (χ1n) is 24.0. The first-order chi connectivity index (χ1) is 31.9. The third-order valence-electron chi connectivity index (χ3n) is 15.3. The van der Waals surface area contributed by atoms with Gasteiger partial charge in [0.05, 0.1) is 59.0 Å². The number of aryl methyl sites for hydroxylation is 1. The van der Waals surface area contributed by atoms with Gasteiger partial charge >= 0.3 is 12.1 Å². The molecule has 0 saturated carbocycles. The predicted octanol–water partition coefficient (Wildman–Crippen LogP) is 5.90. The molecule has 5 heterocycles. The van der Waals surface area contributed by atoms with Crippen LogP contribution in [0.5, 0.6) is 0 Å². The number of aromatic nitrogens is 1. The topological polar surface area (TPSA) is 210 Å². The maximum Gasteiger partial charge on any atom is 0.431 e. The Morgan fingerprint density at radius 1 is 0.926 bits per heavy atom. The number of rotatable bonds is 11.